The van der Waals surface area contributed by atoms with Crippen molar-refractivity contribution in [2.24, 2.45) is 0 Å². The Balaban J connectivity index is 1.69. The average Bonchev–Trinajstić information content (AvgIpc) is 2.76. The van der Waals surface area contributed by atoms with Gasteiger partial charge in [0.05, 0.1) is 17.0 Å². The lowest BCUT2D eigenvalue weighted by Crippen LogP contribution is -2.44. The van der Waals surface area contributed by atoms with Crippen molar-refractivity contribution in [3.63, 3.8) is 0 Å². The number of pyridine rings is 1. The van der Waals surface area contributed by atoms with Gasteiger partial charge in [-0.2, -0.15) is 5.10 Å². The van der Waals surface area contributed by atoms with Gasteiger partial charge in [-0.15, -0.1) is 0 Å². The number of aromatic nitrogens is 3. The highest BCUT2D eigenvalue weighted by molar-refractivity contribution is 5.92. The fourth-order valence-corrected chi connectivity index (χ4v) is 3.72. The molecule has 3 aromatic rings. The van der Waals surface area contributed by atoms with Crippen LogP contribution in [0.3, 0.4) is 0 Å². The van der Waals surface area contributed by atoms with Gasteiger partial charge in [-0.25, -0.2) is 23.3 Å². The predicted molar refractivity (Wildman–Crippen MR) is 113 cm³/mol. The van der Waals surface area contributed by atoms with Gasteiger partial charge in [0, 0.05) is 43.3 Å². The van der Waals surface area contributed by atoms with Gasteiger partial charge < -0.3 is 15.1 Å². The van der Waals surface area contributed by atoms with Crippen LogP contribution in [-0.4, -0.2) is 53.3 Å². The normalized spacial score (nSPS) is 16.1. The third-order valence-corrected chi connectivity index (χ3v) is 5.60. The zero-order valence-corrected chi connectivity index (χ0v) is 17.2. The van der Waals surface area contributed by atoms with E-state index >= 15 is 0 Å². The summed E-state index contributed by atoms with van der Waals surface area (Å²) >= 11 is 0. The number of piperazine rings is 1. The molecule has 0 amide bonds. The molecule has 0 aliphatic carbocycles. The van der Waals surface area contributed by atoms with Gasteiger partial charge in [-0.3, -0.25) is 4.79 Å². The summed E-state index contributed by atoms with van der Waals surface area (Å²) in [5.74, 6) is 0.0855. The first-order valence-corrected chi connectivity index (χ1v) is 10.00. The lowest BCUT2D eigenvalue weighted by molar-refractivity contribution is 0.146. The topological polar surface area (TPSA) is 77.1 Å². The van der Waals surface area contributed by atoms with Crippen LogP contribution in [0.25, 0.3) is 10.8 Å². The molecule has 1 fully saturated rings. The van der Waals surface area contributed by atoms with Gasteiger partial charge in [0.2, 0.25) is 0 Å². The fraction of sp³-hybridized carbons (Fsp3) is 0.381. The molecule has 4 rings (SSSR count). The summed E-state index contributed by atoms with van der Waals surface area (Å²) in [5, 5.41) is 10.4. The van der Waals surface area contributed by atoms with E-state index in [-0.39, 0.29) is 5.56 Å². The second-order valence-corrected chi connectivity index (χ2v) is 7.70. The molecular formula is C21H23F3N6O. The van der Waals surface area contributed by atoms with Crippen LogP contribution >= 0.6 is 0 Å². The van der Waals surface area contributed by atoms with E-state index in [0.29, 0.717) is 16.6 Å². The maximum absolute atomic E-state index is 14.6. The second kappa shape index (κ2) is 8.54. The predicted octanol–water partition coefficient (Wildman–Crippen LogP) is 3.32. The van der Waals surface area contributed by atoms with Crippen LogP contribution in [0.1, 0.15) is 30.5 Å². The molecule has 2 N–H and O–H groups in total. The van der Waals surface area contributed by atoms with Crippen LogP contribution in [0.2, 0.25) is 0 Å². The molecule has 3 heterocycles. The number of halogens is 3. The minimum atomic E-state index is -2.91. The number of likely N-dealkylation sites (N-methyl/N-ethyl adjacent to an activating group) is 1. The molecular weight excluding hydrogens is 409 g/mol. The molecule has 0 bridgehead atoms. The van der Waals surface area contributed by atoms with Crippen LogP contribution in [0.5, 0.6) is 0 Å². The molecule has 1 aliphatic rings. The van der Waals surface area contributed by atoms with Gasteiger partial charge in [-0.1, -0.05) is 18.2 Å². The number of aromatic amines is 1. The molecule has 7 nitrogen and oxygen atoms in total. The zero-order chi connectivity index (χ0) is 22.1. The number of benzene rings is 1. The van der Waals surface area contributed by atoms with Crippen LogP contribution in [0, 0.1) is 5.82 Å². The summed E-state index contributed by atoms with van der Waals surface area (Å²) in [6, 6.07) is 5.03. The van der Waals surface area contributed by atoms with Crippen molar-refractivity contribution in [1.82, 2.24) is 20.1 Å². The highest BCUT2D eigenvalue weighted by Crippen LogP contribution is 2.30. The van der Waals surface area contributed by atoms with Crippen molar-refractivity contribution in [2.45, 2.75) is 19.4 Å². The summed E-state index contributed by atoms with van der Waals surface area (Å²) in [7, 11) is 2.06. The first-order valence-electron chi connectivity index (χ1n) is 10.00. The third-order valence-electron chi connectivity index (χ3n) is 5.60. The van der Waals surface area contributed by atoms with Gasteiger partial charge in [0.15, 0.2) is 5.82 Å². The Bertz CT molecular complexity index is 1140. The summed E-state index contributed by atoms with van der Waals surface area (Å²) < 4.78 is 40.7. The summed E-state index contributed by atoms with van der Waals surface area (Å²) in [6.45, 7) is 5.05. The second-order valence-electron chi connectivity index (χ2n) is 7.70. The molecule has 1 atom stereocenters. The monoisotopic (exact) mass is 432 g/mol. The van der Waals surface area contributed by atoms with E-state index < -0.39 is 29.4 Å². The molecule has 2 aromatic heterocycles. The maximum atomic E-state index is 14.6. The minimum absolute atomic E-state index is 0.0901. The van der Waals surface area contributed by atoms with E-state index in [1.165, 1.54) is 18.3 Å². The molecule has 0 spiro atoms. The van der Waals surface area contributed by atoms with E-state index in [4.69, 9.17) is 0 Å². The third kappa shape index (κ3) is 4.20. The largest absolute Gasteiger partial charge is 0.361 e. The fourth-order valence-electron chi connectivity index (χ4n) is 3.72. The molecule has 1 aliphatic heterocycles. The Morgan fingerprint density at radius 2 is 1.84 bits per heavy atom. The van der Waals surface area contributed by atoms with Crippen molar-refractivity contribution in [3.8, 4) is 0 Å². The highest BCUT2D eigenvalue weighted by Gasteiger charge is 2.21. The molecule has 10 heteroatoms. The smallest absolute Gasteiger partial charge is 0.273 e. The van der Waals surface area contributed by atoms with Crippen molar-refractivity contribution in [1.29, 1.82) is 0 Å². The van der Waals surface area contributed by atoms with Crippen molar-refractivity contribution in [2.75, 3.05) is 43.4 Å². The van der Waals surface area contributed by atoms with E-state index in [0.717, 1.165) is 38.1 Å². The molecule has 0 saturated carbocycles. The number of rotatable bonds is 5. The van der Waals surface area contributed by atoms with E-state index in [1.54, 1.807) is 13.0 Å². The molecule has 0 unspecified atom stereocenters. The van der Waals surface area contributed by atoms with E-state index in [1.807, 2.05) is 0 Å². The lowest BCUT2D eigenvalue weighted by Gasteiger charge is -2.33. The van der Waals surface area contributed by atoms with Crippen molar-refractivity contribution in [3.05, 3.63) is 57.8 Å². The number of nitrogens with zero attached hydrogens (tertiary/aromatic N) is 4. The molecule has 164 valence electrons. The molecule has 31 heavy (non-hydrogen) atoms. The first-order chi connectivity index (χ1) is 14.8. The molecule has 1 aromatic carbocycles. The number of alkyl halides is 2. The Morgan fingerprint density at radius 3 is 2.55 bits per heavy atom. The lowest BCUT2D eigenvalue weighted by atomic mass is 10.0. The number of hydrogen-bond donors (Lipinski definition) is 2. The maximum Gasteiger partial charge on any atom is 0.273 e. The number of nitrogens with one attached hydrogen (secondary N) is 2. The van der Waals surface area contributed by atoms with Gasteiger partial charge >= 0.3 is 0 Å². The van der Waals surface area contributed by atoms with Gasteiger partial charge in [0.1, 0.15) is 11.6 Å². The molecule has 0 radical (unpaired) electrons. The minimum Gasteiger partial charge on any atom is -0.361 e. The number of H-pyrrole nitrogens is 1. The number of hydrogen-bond acceptors (Lipinski definition) is 6. The summed E-state index contributed by atoms with van der Waals surface area (Å²) in [5.41, 5.74) is -0.948. The Morgan fingerprint density at radius 1 is 1.13 bits per heavy atom. The van der Waals surface area contributed by atoms with Crippen LogP contribution in [0.15, 0.2) is 35.3 Å². The molecule has 1 saturated heterocycles. The van der Waals surface area contributed by atoms with Crippen LogP contribution < -0.4 is 15.8 Å². The highest BCUT2D eigenvalue weighted by atomic mass is 19.3. The number of anilines is 2. The van der Waals surface area contributed by atoms with Crippen molar-refractivity contribution < 1.29 is 13.2 Å². The van der Waals surface area contributed by atoms with Crippen LogP contribution in [-0.2, 0) is 0 Å². The Kier molecular flexibility index (Phi) is 5.81. The quantitative estimate of drug-likeness (QED) is 0.644. The Hall–Kier alpha value is -3.14. The number of fused-ring (bicyclic) bond motifs is 1. The van der Waals surface area contributed by atoms with Crippen molar-refractivity contribution >= 4 is 22.4 Å². The first kappa shape index (κ1) is 21.1. The van der Waals surface area contributed by atoms with Gasteiger partial charge in [-0.05, 0) is 20.0 Å². The Labute approximate surface area is 176 Å². The standard InChI is InChI=1S/C21H23F3N6O/c1-12(13-4-3-5-14(18(13)22)19(23)24)26-20-15-10-17(30-8-6-29(2)7-9-30)25-11-16(15)21(31)28-27-20/h3-5,10-12,19H,6-9H2,1-2H3,(H,26,27)(H,28,31)/t12-/m1/s1. The van der Waals surface area contributed by atoms with Crippen LogP contribution in [0.4, 0.5) is 24.8 Å². The SMILES string of the molecule is C[C@@H](Nc1n[nH]c(=O)c2cnc(N3CCN(C)CC3)cc12)c1cccc(C(F)F)c1F. The van der Waals surface area contributed by atoms with E-state index in [9.17, 15) is 18.0 Å². The zero-order valence-electron chi connectivity index (χ0n) is 17.2. The summed E-state index contributed by atoms with van der Waals surface area (Å²) in [6.07, 6.45) is -1.41. The van der Waals surface area contributed by atoms with E-state index in [2.05, 4.69) is 37.3 Å². The summed E-state index contributed by atoms with van der Waals surface area (Å²) in [4.78, 5) is 21.0. The average molecular weight is 432 g/mol. The van der Waals surface area contributed by atoms with Gasteiger partial charge in [0.25, 0.3) is 12.0 Å².